The molecule has 200 valence electrons. The van der Waals surface area contributed by atoms with Crippen molar-refractivity contribution in [2.45, 2.75) is 13.3 Å². The minimum Gasteiger partial charge on any atom is -0.497 e. The van der Waals surface area contributed by atoms with E-state index in [9.17, 15) is 5.11 Å². The van der Waals surface area contributed by atoms with Crippen molar-refractivity contribution in [1.29, 1.82) is 0 Å². The Hall–Kier alpha value is -3.95. The van der Waals surface area contributed by atoms with Gasteiger partial charge in [0.15, 0.2) is 0 Å². The van der Waals surface area contributed by atoms with Crippen molar-refractivity contribution >= 4 is 34.2 Å². The number of anilines is 2. The monoisotopic (exact) mass is 516 g/mol. The number of ether oxygens (including phenoxy) is 2. The van der Waals surface area contributed by atoms with E-state index < -0.39 is 0 Å². The summed E-state index contributed by atoms with van der Waals surface area (Å²) in [6.07, 6.45) is 6.15. The third kappa shape index (κ3) is 6.48. The fourth-order valence-corrected chi connectivity index (χ4v) is 4.33. The summed E-state index contributed by atoms with van der Waals surface area (Å²) in [5, 5.41) is 12.9. The van der Waals surface area contributed by atoms with Gasteiger partial charge in [0.25, 0.3) is 0 Å². The van der Waals surface area contributed by atoms with E-state index in [1.165, 1.54) is 0 Å². The quantitative estimate of drug-likeness (QED) is 0.369. The number of nitrogens with one attached hydrogen (secondary N) is 1. The number of methoxy groups -OCH3 is 2. The second-order valence-corrected chi connectivity index (χ2v) is 8.88. The molecule has 0 radical (unpaired) electrons. The fourth-order valence-electron chi connectivity index (χ4n) is 4.33. The number of allylic oxidation sites excluding steroid dienone is 2. The maximum absolute atomic E-state index is 9.55. The first kappa shape index (κ1) is 27.1. The van der Waals surface area contributed by atoms with E-state index in [2.05, 4.69) is 31.7 Å². The zero-order valence-electron chi connectivity index (χ0n) is 22.4. The minimum atomic E-state index is 0.0817. The van der Waals surface area contributed by atoms with Gasteiger partial charge in [-0.05, 0) is 31.5 Å². The van der Waals surface area contributed by atoms with Gasteiger partial charge in [0.1, 0.15) is 17.3 Å². The van der Waals surface area contributed by atoms with Gasteiger partial charge in [-0.25, -0.2) is 9.98 Å². The number of aliphatic hydroxyl groups is 1. The smallest absolute Gasteiger partial charge is 0.124 e. The fraction of sp³-hybridized carbons (Fsp3) is 0.345. The highest BCUT2D eigenvalue weighted by Gasteiger charge is 2.15. The molecule has 0 bridgehead atoms. The van der Waals surface area contributed by atoms with Crippen LogP contribution in [-0.4, -0.2) is 79.7 Å². The largest absolute Gasteiger partial charge is 0.497 e. The molecule has 1 aliphatic rings. The summed E-state index contributed by atoms with van der Waals surface area (Å²) in [6, 6.07) is 11.7. The summed E-state index contributed by atoms with van der Waals surface area (Å²) >= 11 is 0. The molecule has 1 saturated heterocycles. The van der Waals surface area contributed by atoms with Gasteiger partial charge >= 0.3 is 0 Å². The first-order valence-electron chi connectivity index (χ1n) is 12.8. The van der Waals surface area contributed by atoms with Gasteiger partial charge < -0.3 is 29.7 Å². The number of hydrogen-bond acceptors (Lipinski definition) is 9. The average Bonchev–Trinajstić information content (AvgIpc) is 2.97. The summed E-state index contributed by atoms with van der Waals surface area (Å²) in [5.41, 5.74) is 4.98. The third-order valence-corrected chi connectivity index (χ3v) is 6.47. The Kier molecular flexibility index (Phi) is 9.29. The van der Waals surface area contributed by atoms with Crippen LogP contribution in [0.2, 0.25) is 0 Å². The number of piperazine rings is 1. The van der Waals surface area contributed by atoms with Gasteiger partial charge in [-0.1, -0.05) is 12.7 Å². The molecule has 2 N–H and O–H groups in total. The van der Waals surface area contributed by atoms with E-state index in [0.717, 1.165) is 65.7 Å². The number of fused-ring (bicyclic) bond motifs is 1. The Morgan fingerprint density at radius 3 is 2.50 bits per heavy atom. The Morgan fingerprint density at radius 2 is 1.84 bits per heavy atom. The number of hydrogen-bond donors (Lipinski definition) is 2. The molecule has 3 aromatic rings. The molecular formula is C29H36N6O3. The Balaban J connectivity index is 1.65. The molecule has 0 amide bonds. The van der Waals surface area contributed by atoms with Crippen molar-refractivity contribution < 1.29 is 14.6 Å². The molecule has 4 rings (SSSR count). The van der Waals surface area contributed by atoms with Crippen LogP contribution >= 0.6 is 0 Å². The van der Waals surface area contributed by atoms with Crippen LogP contribution in [0.5, 0.6) is 11.5 Å². The van der Waals surface area contributed by atoms with Crippen LogP contribution in [-0.2, 0) is 0 Å². The molecular weight excluding hydrogens is 480 g/mol. The molecule has 1 aromatic heterocycles. The molecule has 9 heteroatoms. The SMILES string of the molecule is C=C(/N=C\C(=C/C)c1cnc2ccc(N(CCCO)c3cc(OC)cc(OC)c3)cc2n1)N1CCNCC1. The maximum atomic E-state index is 9.55. The van der Waals surface area contributed by atoms with Crippen LogP contribution in [0.3, 0.4) is 0 Å². The number of aliphatic hydroxyl groups excluding tert-OH is 1. The van der Waals surface area contributed by atoms with Gasteiger partial charge in [-0.3, -0.25) is 4.98 Å². The normalized spacial score (nSPS) is 14.2. The van der Waals surface area contributed by atoms with Crippen LogP contribution < -0.4 is 19.7 Å². The van der Waals surface area contributed by atoms with E-state index in [0.29, 0.717) is 24.5 Å². The van der Waals surface area contributed by atoms with E-state index in [1.807, 2.05) is 49.4 Å². The van der Waals surface area contributed by atoms with E-state index in [4.69, 9.17) is 14.5 Å². The number of benzene rings is 2. The van der Waals surface area contributed by atoms with Crippen molar-refractivity contribution in [3.63, 3.8) is 0 Å². The molecule has 0 unspecified atom stereocenters. The van der Waals surface area contributed by atoms with E-state index >= 15 is 0 Å². The standard InChI is InChI=1S/C29H36N6O3/c1-5-22(19-31-21(2)34-12-9-30-10-13-34)29-20-32-27-8-7-23(17-28(27)33-29)35(11-6-14-36)24-15-25(37-3)18-26(16-24)38-4/h5,7-8,15-20,30,36H,2,6,9-14H2,1,3-4H3/b22-5+,31-19-. The lowest BCUT2D eigenvalue weighted by molar-refractivity contribution is 0.291. The van der Waals surface area contributed by atoms with Crippen molar-refractivity contribution in [1.82, 2.24) is 20.2 Å². The molecule has 1 aliphatic heterocycles. The number of aromatic nitrogens is 2. The van der Waals surface area contributed by atoms with Gasteiger partial charge in [-0.15, -0.1) is 0 Å². The van der Waals surface area contributed by atoms with Crippen molar-refractivity contribution in [3.05, 3.63) is 66.8 Å². The Bertz CT molecular complexity index is 1290. The minimum absolute atomic E-state index is 0.0817. The van der Waals surface area contributed by atoms with E-state index in [1.54, 1.807) is 26.6 Å². The molecule has 0 atom stereocenters. The van der Waals surface area contributed by atoms with Crippen LogP contribution in [0, 0.1) is 0 Å². The van der Waals surface area contributed by atoms with Crippen LogP contribution in [0.4, 0.5) is 11.4 Å². The molecule has 2 aromatic carbocycles. The Morgan fingerprint density at radius 1 is 1.11 bits per heavy atom. The highest BCUT2D eigenvalue weighted by molar-refractivity contribution is 6.09. The second kappa shape index (κ2) is 13.0. The van der Waals surface area contributed by atoms with Crippen molar-refractivity contribution in [2.75, 3.05) is 58.5 Å². The molecule has 0 saturated carbocycles. The van der Waals surface area contributed by atoms with Crippen LogP contribution in [0.15, 0.2) is 66.1 Å². The molecule has 0 spiro atoms. The lowest BCUT2D eigenvalue weighted by atomic mass is 10.1. The first-order chi connectivity index (χ1) is 18.6. The maximum Gasteiger partial charge on any atom is 0.124 e. The molecule has 38 heavy (non-hydrogen) atoms. The second-order valence-electron chi connectivity index (χ2n) is 8.88. The number of rotatable bonds is 11. The van der Waals surface area contributed by atoms with Crippen molar-refractivity contribution in [3.8, 4) is 11.5 Å². The molecule has 2 heterocycles. The Labute approximate surface area is 224 Å². The highest BCUT2D eigenvalue weighted by Crippen LogP contribution is 2.34. The first-order valence-corrected chi connectivity index (χ1v) is 12.8. The number of nitrogens with zero attached hydrogens (tertiary/aromatic N) is 5. The van der Waals surface area contributed by atoms with Crippen LogP contribution in [0.1, 0.15) is 19.0 Å². The van der Waals surface area contributed by atoms with Gasteiger partial charge in [0, 0.05) is 80.7 Å². The predicted molar refractivity (Wildman–Crippen MR) is 154 cm³/mol. The zero-order valence-corrected chi connectivity index (χ0v) is 22.4. The summed E-state index contributed by atoms with van der Waals surface area (Å²) in [7, 11) is 3.26. The predicted octanol–water partition coefficient (Wildman–Crippen LogP) is 4.02. The molecule has 9 nitrogen and oxygen atoms in total. The topological polar surface area (TPSA) is 95.3 Å². The van der Waals surface area contributed by atoms with Gasteiger partial charge in [-0.2, -0.15) is 0 Å². The summed E-state index contributed by atoms with van der Waals surface area (Å²) in [6.45, 7) is 10.4. The summed E-state index contributed by atoms with van der Waals surface area (Å²) in [5.74, 6) is 2.13. The van der Waals surface area contributed by atoms with Gasteiger partial charge in [0.2, 0.25) is 0 Å². The molecule has 1 fully saturated rings. The third-order valence-electron chi connectivity index (χ3n) is 6.47. The summed E-state index contributed by atoms with van der Waals surface area (Å²) in [4.78, 5) is 18.5. The molecule has 0 aliphatic carbocycles. The highest BCUT2D eigenvalue weighted by atomic mass is 16.5. The summed E-state index contributed by atoms with van der Waals surface area (Å²) < 4.78 is 11.0. The van der Waals surface area contributed by atoms with E-state index in [-0.39, 0.29) is 6.61 Å². The lowest BCUT2D eigenvalue weighted by Gasteiger charge is -2.28. The van der Waals surface area contributed by atoms with Crippen LogP contribution in [0.25, 0.3) is 16.6 Å². The lowest BCUT2D eigenvalue weighted by Crippen LogP contribution is -2.42. The number of aliphatic imine (C=N–C) groups is 1. The van der Waals surface area contributed by atoms with Crippen molar-refractivity contribution in [2.24, 2.45) is 4.99 Å². The average molecular weight is 517 g/mol. The van der Waals surface area contributed by atoms with Gasteiger partial charge in [0.05, 0.1) is 37.1 Å². The zero-order chi connectivity index (χ0) is 26.9.